The van der Waals surface area contributed by atoms with Gasteiger partial charge in [0.05, 0.1) is 6.54 Å². The molecule has 7 nitrogen and oxygen atoms in total. The number of amides is 1. The van der Waals surface area contributed by atoms with Crippen molar-refractivity contribution in [3.8, 4) is 0 Å². The standard InChI is InChI=1S/C21H43N5O2.HI/c1-7-9-15-26(6)16-14-23-19(22-8-2)24-17-10-12-18(13-11-17)25-20(27)28-21(3,4)5;/h17-18H,7-16H2,1-6H3,(H,25,27)(H2,22,23,24);1H. The van der Waals surface area contributed by atoms with Crippen molar-refractivity contribution in [3.05, 3.63) is 0 Å². The molecule has 0 heterocycles. The van der Waals surface area contributed by atoms with Crippen LogP contribution in [0.2, 0.25) is 0 Å². The number of nitrogens with one attached hydrogen (secondary N) is 3. The van der Waals surface area contributed by atoms with E-state index in [1.165, 1.54) is 12.8 Å². The van der Waals surface area contributed by atoms with E-state index in [1.54, 1.807) is 0 Å². The molecule has 8 heteroatoms. The van der Waals surface area contributed by atoms with Gasteiger partial charge in [0.1, 0.15) is 5.60 Å². The van der Waals surface area contributed by atoms with Gasteiger partial charge < -0.3 is 25.6 Å². The second kappa shape index (κ2) is 15.1. The number of alkyl carbamates (subject to hydrolysis) is 1. The number of hydrogen-bond donors (Lipinski definition) is 3. The predicted molar refractivity (Wildman–Crippen MR) is 132 cm³/mol. The number of carbonyl (C=O) groups excluding carboxylic acids is 1. The number of ether oxygens (including phenoxy) is 1. The lowest BCUT2D eigenvalue weighted by molar-refractivity contribution is 0.0490. The fourth-order valence-electron chi connectivity index (χ4n) is 3.24. The average Bonchev–Trinajstić information content (AvgIpc) is 2.60. The first-order chi connectivity index (χ1) is 13.2. The summed E-state index contributed by atoms with van der Waals surface area (Å²) in [7, 11) is 2.16. The van der Waals surface area contributed by atoms with E-state index in [4.69, 9.17) is 9.73 Å². The third-order valence-electron chi connectivity index (χ3n) is 4.78. The van der Waals surface area contributed by atoms with Gasteiger partial charge >= 0.3 is 6.09 Å². The van der Waals surface area contributed by atoms with Gasteiger partial charge in [-0.1, -0.05) is 13.3 Å². The Hall–Kier alpha value is -0.770. The smallest absolute Gasteiger partial charge is 0.407 e. The minimum Gasteiger partial charge on any atom is -0.444 e. The quantitative estimate of drug-likeness (QED) is 0.243. The zero-order chi connectivity index (χ0) is 21.0. The number of rotatable bonds is 9. The number of halogens is 1. The van der Waals surface area contributed by atoms with Crippen molar-refractivity contribution >= 4 is 36.0 Å². The van der Waals surface area contributed by atoms with Crippen LogP contribution >= 0.6 is 24.0 Å². The van der Waals surface area contributed by atoms with Crippen LogP contribution in [0, 0.1) is 0 Å². The van der Waals surface area contributed by atoms with E-state index >= 15 is 0 Å². The number of likely N-dealkylation sites (N-methyl/N-ethyl adjacent to an activating group) is 1. The highest BCUT2D eigenvalue weighted by molar-refractivity contribution is 14.0. The van der Waals surface area contributed by atoms with Crippen LogP contribution in [0.1, 0.15) is 73.1 Å². The molecule has 1 aliphatic rings. The molecule has 1 rings (SSSR count). The third kappa shape index (κ3) is 14.0. The molecule has 3 N–H and O–H groups in total. The lowest BCUT2D eigenvalue weighted by Gasteiger charge is -2.31. The Morgan fingerprint density at radius 1 is 1.07 bits per heavy atom. The Morgan fingerprint density at radius 2 is 1.66 bits per heavy atom. The van der Waals surface area contributed by atoms with Gasteiger partial charge in [-0.25, -0.2) is 4.79 Å². The molecule has 1 amide bonds. The molecular weight excluding hydrogens is 481 g/mol. The molecule has 172 valence electrons. The summed E-state index contributed by atoms with van der Waals surface area (Å²) in [4.78, 5) is 19.0. The highest BCUT2D eigenvalue weighted by atomic mass is 127. The molecule has 0 aromatic carbocycles. The van der Waals surface area contributed by atoms with Crippen LogP contribution in [0.3, 0.4) is 0 Å². The van der Waals surface area contributed by atoms with Crippen molar-refractivity contribution in [2.45, 2.75) is 90.8 Å². The van der Waals surface area contributed by atoms with E-state index in [0.717, 1.165) is 57.8 Å². The summed E-state index contributed by atoms with van der Waals surface area (Å²) in [6.07, 6.45) is 6.09. The van der Waals surface area contributed by atoms with Crippen molar-refractivity contribution < 1.29 is 9.53 Å². The monoisotopic (exact) mass is 525 g/mol. The molecule has 0 unspecified atom stereocenters. The maximum Gasteiger partial charge on any atom is 0.407 e. The van der Waals surface area contributed by atoms with Gasteiger partial charge in [0.15, 0.2) is 5.96 Å². The van der Waals surface area contributed by atoms with Crippen molar-refractivity contribution in [1.82, 2.24) is 20.9 Å². The Labute approximate surface area is 195 Å². The molecule has 0 aliphatic heterocycles. The maximum atomic E-state index is 11.9. The van der Waals surface area contributed by atoms with Crippen molar-refractivity contribution in [1.29, 1.82) is 0 Å². The number of unbranched alkanes of at least 4 members (excludes halogenated alkanes) is 1. The van der Waals surface area contributed by atoms with Gasteiger partial charge in [-0.2, -0.15) is 0 Å². The number of guanidine groups is 1. The first-order valence-electron chi connectivity index (χ1n) is 11.0. The van der Waals surface area contributed by atoms with Gasteiger partial charge in [0.2, 0.25) is 0 Å². The Kier molecular flexibility index (Phi) is 14.7. The van der Waals surface area contributed by atoms with Crippen LogP contribution in [-0.4, -0.2) is 67.9 Å². The van der Waals surface area contributed by atoms with Gasteiger partial charge in [-0.05, 0) is 73.4 Å². The predicted octanol–water partition coefficient (Wildman–Crippen LogP) is 3.73. The average molecular weight is 526 g/mol. The summed E-state index contributed by atoms with van der Waals surface area (Å²) < 4.78 is 5.35. The fourth-order valence-corrected chi connectivity index (χ4v) is 3.24. The summed E-state index contributed by atoms with van der Waals surface area (Å²) in [5.74, 6) is 0.898. The van der Waals surface area contributed by atoms with E-state index in [0.29, 0.717) is 6.04 Å². The van der Waals surface area contributed by atoms with Crippen LogP contribution in [-0.2, 0) is 4.74 Å². The maximum absolute atomic E-state index is 11.9. The van der Waals surface area contributed by atoms with E-state index in [9.17, 15) is 4.79 Å². The van der Waals surface area contributed by atoms with Gasteiger partial charge in [-0.3, -0.25) is 4.99 Å². The molecule has 0 aromatic rings. The summed E-state index contributed by atoms with van der Waals surface area (Å²) in [6, 6.07) is 0.590. The second-order valence-corrected chi connectivity index (χ2v) is 8.76. The normalized spacial score (nSPS) is 20.0. The molecule has 0 bridgehead atoms. The first kappa shape index (κ1) is 28.2. The first-order valence-corrected chi connectivity index (χ1v) is 11.0. The summed E-state index contributed by atoms with van der Waals surface area (Å²) in [5.41, 5.74) is -0.454. The topological polar surface area (TPSA) is 78.0 Å². The summed E-state index contributed by atoms with van der Waals surface area (Å²) in [5, 5.41) is 9.91. The van der Waals surface area contributed by atoms with Crippen LogP contribution in [0.25, 0.3) is 0 Å². The van der Waals surface area contributed by atoms with Crippen molar-refractivity contribution in [2.24, 2.45) is 4.99 Å². The zero-order valence-corrected chi connectivity index (χ0v) is 21.7. The molecule has 0 saturated heterocycles. The lowest BCUT2D eigenvalue weighted by Crippen LogP contribution is -2.48. The highest BCUT2D eigenvalue weighted by Crippen LogP contribution is 2.19. The van der Waals surface area contributed by atoms with Crippen molar-refractivity contribution in [3.63, 3.8) is 0 Å². The summed E-state index contributed by atoms with van der Waals surface area (Å²) in [6.45, 7) is 13.7. The van der Waals surface area contributed by atoms with Crippen molar-refractivity contribution in [2.75, 3.05) is 33.2 Å². The largest absolute Gasteiger partial charge is 0.444 e. The number of aliphatic imine (C=N–C) groups is 1. The number of nitrogens with zero attached hydrogens (tertiary/aromatic N) is 2. The molecule has 0 spiro atoms. The van der Waals surface area contributed by atoms with E-state index in [2.05, 4.69) is 41.7 Å². The molecule has 0 aromatic heterocycles. The number of carbonyl (C=O) groups is 1. The van der Waals surface area contributed by atoms with E-state index < -0.39 is 5.60 Å². The van der Waals surface area contributed by atoms with E-state index in [1.807, 2.05) is 20.8 Å². The molecule has 1 saturated carbocycles. The highest BCUT2D eigenvalue weighted by Gasteiger charge is 2.25. The second-order valence-electron chi connectivity index (χ2n) is 8.76. The van der Waals surface area contributed by atoms with Crippen LogP contribution in [0.4, 0.5) is 4.79 Å². The van der Waals surface area contributed by atoms with Crippen LogP contribution in [0.5, 0.6) is 0 Å². The SMILES string of the molecule is CCCCN(C)CCN=C(NCC)NC1CCC(NC(=O)OC(C)(C)C)CC1.I. The Balaban J connectivity index is 0.00000784. The van der Waals surface area contributed by atoms with Gasteiger partial charge in [-0.15, -0.1) is 24.0 Å². The van der Waals surface area contributed by atoms with Gasteiger partial charge in [0.25, 0.3) is 0 Å². The van der Waals surface area contributed by atoms with E-state index in [-0.39, 0.29) is 36.1 Å². The Morgan fingerprint density at radius 3 is 2.17 bits per heavy atom. The molecule has 1 fully saturated rings. The molecule has 1 aliphatic carbocycles. The fraction of sp³-hybridized carbons (Fsp3) is 0.905. The Bertz CT molecular complexity index is 474. The minimum absolute atomic E-state index is 0. The minimum atomic E-state index is -0.454. The molecule has 0 atom stereocenters. The lowest BCUT2D eigenvalue weighted by atomic mass is 9.91. The van der Waals surface area contributed by atoms with Crippen LogP contribution < -0.4 is 16.0 Å². The molecule has 0 radical (unpaired) electrons. The zero-order valence-electron chi connectivity index (χ0n) is 19.3. The molecule has 29 heavy (non-hydrogen) atoms. The third-order valence-corrected chi connectivity index (χ3v) is 4.78. The summed E-state index contributed by atoms with van der Waals surface area (Å²) >= 11 is 0. The number of hydrogen-bond acceptors (Lipinski definition) is 4. The van der Waals surface area contributed by atoms with Gasteiger partial charge in [0, 0.05) is 25.2 Å². The van der Waals surface area contributed by atoms with Crippen LogP contribution in [0.15, 0.2) is 4.99 Å². The molecular formula is C21H44IN5O2.